The summed E-state index contributed by atoms with van der Waals surface area (Å²) < 4.78 is 1.68. The molecule has 0 fully saturated rings. The van der Waals surface area contributed by atoms with Gasteiger partial charge in [0.2, 0.25) is 0 Å². The molecule has 2 aromatic heterocycles. The molecule has 0 aliphatic heterocycles. The van der Waals surface area contributed by atoms with Gasteiger partial charge in [0.15, 0.2) is 0 Å². The number of carboxylic acid groups (broad SMARTS) is 2. The SMILES string of the molecule is CC(=O)O.CC(C)(C)c1ccc(CCCNCCCn2nc3c(c2C(=O)O)CCc2cnccc2-3)cc1. The molecule has 4 rings (SSSR count). The second-order valence-corrected chi connectivity index (χ2v) is 10.4. The highest BCUT2D eigenvalue weighted by molar-refractivity contribution is 5.90. The first-order chi connectivity index (χ1) is 17.6. The summed E-state index contributed by atoms with van der Waals surface area (Å²) in [5, 5.41) is 25.4. The van der Waals surface area contributed by atoms with Crippen LogP contribution in [-0.4, -0.2) is 50.0 Å². The van der Waals surface area contributed by atoms with Crippen LogP contribution in [0.5, 0.6) is 0 Å². The van der Waals surface area contributed by atoms with E-state index in [1.165, 1.54) is 11.1 Å². The highest BCUT2D eigenvalue weighted by Gasteiger charge is 2.27. The van der Waals surface area contributed by atoms with Crippen molar-refractivity contribution in [3.05, 3.63) is 70.7 Å². The van der Waals surface area contributed by atoms with Crippen molar-refractivity contribution < 1.29 is 19.8 Å². The Labute approximate surface area is 218 Å². The summed E-state index contributed by atoms with van der Waals surface area (Å²) in [6.45, 7) is 10.2. The number of pyridine rings is 1. The number of nitrogens with one attached hydrogen (secondary N) is 1. The molecule has 0 amide bonds. The topological polar surface area (TPSA) is 117 Å². The third-order valence-electron chi connectivity index (χ3n) is 6.42. The fourth-order valence-corrected chi connectivity index (χ4v) is 4.54. The van der Waals surface area contributed by atoms with Gasteiger partial charge in [-0.3, -0.25) is 14.5 Å². The van der Waals surface area contributed by atoms with Crippen molar-refractivity contribution >= 4 is 11.9 Å². The maximum atomic E-state index is 12.0. The van der Waals surface area contributed by atoms with Gasteiger partial charge in [-0.1, -0.05) is 45.0 Å². The van der Waals surface area contributed by atoms with Crippen LogP contribution in [0.2, 0.25) is 0 Å². The van der Waals surface area contributed by atoms with E-state index in [0.29, 0.717) is 18.7 Å². The standard InChI is InChI=1S/C27H34N4O2.C2H4O2/c1-27(2,3)21-10-7-19(8-11-21)6-4-14-28-15-5-17-31-25(26(32)33)23-12-9-20-18-29-16-13-22(20)24(23)30-31;1-2(3)4/h7-8,10-11,13,16,18,28H,4-6,9,12,14-15,17H2,1-3H3,(H,32,33);1H3,(H,3,4). The molecule has 0 saturated carbocycles. The van der Waals surface area contributed by atoms with Crippen LogP contribution in [0, 0.1) is 0 Å². The van der Waals surface area contributed by atoms with Gasteiger partial charge in [-0.25, -0.2) is 4.79 Å². The summed E-state index contributed by atoms with van der Waals surface area (Å²) in [6.07, 6.45) is 8.09. The lowest BCUT2D eigenvalue weighted by Crippen LogP contribution is -2.20. The van der Waals surface area contributed by atoms with E-state index < -0.39 is 11.9 Å². The maximum absolute atomic E-state index is 12.0. The number of rotatable bonds is 9. The van der Waals surface area contributed by atoms with Crippen molar-refractivity contribution in [3.8, 4) is 11.3 Å². The van der Waals surface area contributed by atoms with Crippen molar-refractivity contribution in [2.75, 3.05) is 13.1 Å². The fourth-order valence-electron chi connectivity index (χ4n) is 4.54. The molecule has 198 valence electrons. The number of nitrogens with zero attached hydrogens (tertiary/aromatic N) is 3. The first-order valence-electron chi connectivity index (χ1n) is 12.8. The number of aromatic carboxylic acids is 1. The Morgan fingerprint density at radius 2 is 1.70 bits per heavy atom. The number of aryl methyl sites for hydroxylation is 3. The predicted molar refractivity (Wildman–Crippen MR) is 144 cm³/mol. The van der Waals surface area contributed by atoms with Gasteiger partial charge in [0.25, 0.3) is 5.97 Å². The second kappa shape index (κ2) is 12.6. The molecule has 0 unspecified atom stereocenters. The number of hydrogen-bond acceptors (Lipinski definition) is 5. The van der Waals surface area contributed by atoms with Crippen LogP contribution >= 0.6 is 0 Å². The van der Waals surface area contributed by atoms with E-state index in [9.17, 15) is 9.90 Å². The number of aromatic nitrogens is 3. The minimum absolute atomic E-state index is 0.190. The number of aliphatic carboxylic acids is 1. The number of fused-ring (bicyclic) bond motifs is 3. The average Bonchev–Trinajstić information content (AvgIpc) is 3.22. The Morgan fingerprint density at radius 1 is 1.03 bits per heavy atom. The third-order valence-corrected chi connectivity index (χ3v) is 6.42. The Morgan fingerprint density at radius 3 is 2.35 bits per heavy atom. The molecule has 0 saturated heterocycles. The molecule has 1 aliphatic rings. The minimum Gasteiger partial charge on any atom is -0.481 e. The molecule has 0 spiro atoms. The zero-order valence-corrected chi connectivity index (χ0v) is 22.3. The van der Waals surface area contributed by atoms with Crippen LogP contribution in [0.25, 0.3) is 11.3 Å². The maximum Gasteiger partial charge on any atom is 0.354 e. The van der Waals surface area contributed by atoms with E-state index in [1.807, 2.05) is 12.3 Å². The summed E-state index contributed by atoms with van der Waals surface area (Å²) >= 11 is 0. The van der Waals surface area contributed by atoms with Crippen LogP contribution in [0.3, 0.4) is 0 Å². The van der Waals surface area contributed by atoms with E-state index in [4.69, 9.17) is 15.0 Å². The van der Waals surface area contributed by atoms with Gasteiger partial charge in [0.05, 0.1) is 5.69 Å². The highest BCUT2D eigenvalue weighted by Crippen LogP contribution is 2.34. The van der Waals surface area contributed by atoms with Crippen molar-refractivity contribution in [2.24, 2.45) is 0 Å². The number of benzene rings is 1. The lowest BCUT2D eigenvalue weighted by molar-refractivity contribution is -0.134. The lowest BCUT2D eigenvalue weighted by atomic mass is 9.86. The lowest BCUT2D eigenvalue weighted by Gasteiger charge is -2.19. The van der Waals surface area contributed by atoms with Crippen LogP contribution < -0.4 is 5.32 Å². The predicted octanol–water partition coefficient (Wildman–Crippen LogP) is 4.74. The molecule has 0 radical (unpaired) electrons. The molecule has 0 bridgehead atoms. The van der Waals surface area contributed by atoms with Gasteiger partial charge in [0.1, 0.15) is 5.69 Å². The van der Waals surface area contributed by atoms with Crippen molar-refractivity contribution in [1.82, 2.24) is 20.1 Å². The highest BCUT2D eigenvalue weighted by atomic mass is 16.4. The van der Waals surface area contributed by atoms with E-state index in [2.05, 4.69) is 55.3 Å². The normalized spacial score (nSPS) is 12.2. The van der Waals surface area contributed by atoms with Crippen molar-refractivity contribution in [3.63, 3.8) is 0 Å². The third kappa shape index (κ3) is 7.73. The number of carboxylic acids is 2. The molecular weight excluding hydrogens is 468 g/mol. The average molecular weight is 507 g/mol. The number of carbonyl (C=O) groups is 2. The van der Waals surface area contributed by atoms with E-state index in [0.717, 1.165) is 68.1 Å². The molecule has 3 aromatic rings. The second-order valence-electron chi connectivity index (χ2n) is 10.4. The molecule has 1 aromatic carbocycles. The summed E-state index contributed by atoms with van der Waals surface area (Å²) in [7, 11) is 0. The van der Waals surface area contributed by atoms with Crippen LogP contribution in [0.1, 0.15) is 73.3 Å². The summed E-state index contributed by atoms with van der Waals surface area (Å²) in [6, 6.07) is 10.9. The molecule has 1 aliphatic carbocycles. The molecule has 0 atom stereocenters. The fraction of sp³-hybridized carbons (Fsp3) is 0.448. The van der Waals surface area contributed by atoms with Gasteiger partial charge in [0, 0.05) is 37.0 Å². The Kier molecular flexibility index (Phi) is 9.58. The smallest absolute Gasteiger partial charge is 0.354 e. The van der Waals surface area contributed by atoms with Gasteiger partial charge < -0.3 is 15.5 Å². The minimum atomic E-state index is -0.897. The zero-order valence-electron chi connectivity index (χ0n) is 22.3. The van der Waals surface area contributed by atoms with Gasteiger partial charge >= 0.3 is 5.97 Å². The van der Waals surface area contributed by atoms with Crippen LogP contribution in [0.4, 0.5) is 0 Å². The molecule has 2 heterocycles. The zero-order chi connectivity index (χ0) is 27.0. The Balaban J connectivity index is 0.000000886. The van der Waals surface area contributed by atoms with E-state index >= 15 is 0 Å². The van der Waals surface area contributed by atoms with Gasteiger partial charge in [-0.15, -0.1) is 0 Å². The van der Waals surface area contributed by atoms with Crippen molar-refractivity contribution in [1.29, 1.82) is 0 Å². The quantitative estimate of drug-likeness (QED) is 0.359. The van der Waals surface area contributed by atoms with Gasteiger partial charge in [-0.05, 0) is 73.4 Å². The monoisotopic (exact) mass is 506 g/mol. The molecule has 8 nitrogen and oxygen atoms in total. The Bertz CT molecular complexity index is 1210. The summed E-state index contributed by atoms with van der Waals surface area (Å²) in [4.78, 5) is 25.2. The molecule has 8 heteroatoms. The van der Waals surface area contributed by atoms with Crippen LogP contribution in [0.15, 0.2) is 42.7 Å². The Hall–Kier alpha value is -3.52. The first kappa shape index (κ1) is 28.1. The van der Waals surface area contributed by atoms with E-state index in [1.54, 1.807) is 10.9 Å². The van der Waals surface area contributed by atoms with E-state index in [-0.39, 0.29) is 5.41 Å². The molecule has 37 heavy (non-hydrogen) atoms. The number of hydrogen-bond donors (Lipinski definition) is 3. The first-order valence-corrected chi connectivity index (χ1v) is 12.8. The largest absolute Gasteiger partial charge is 0.481 e. The summed E-state index contributed by atoms with van der Waals surface area (Å²) in [5.74, 6) is -1.73. The van der Waals surface area contributed by atoms with Gasteiger partial charge in [-0.2, -0.15) is 5.10 Å². The molecular formula is C29H38N4O4. The van der Waals surface area contributed by atoms with Crippen molar-refractivity contribution in [2.45, 2.75) is 71.8 Å². The van der Waals surface area contributed by atoms with Crippen LogP contribution in [-0.2, 0) is 36.0 Å². The summed E-state index contributed by atoms with van der Waals surface area (Å²) in [5.41, 5.74) is 7.08. The molecule has 3 N–H and O–H groups in total.